The van der Waals surface area contributed by atoms with Gasteiger partial charge in [0.2, 0.25) is 5.91 Å². The van der Waals surface area contributed by atoms with Crippen molar-refractivity contribution in [1.82, 2.24) is 10.2 Å². The maximum absolute atomic E-state index is 13.9. The van der Waals surface area contributed by atoms with Gasteiger partial charge in [0, 0.05) is 29.6 Å². The molecule has 3 N–H and O–H groups in total. The Balaban J connectivity index is 1.23. The van der Waals surface area contributed by atoms with Crippen LogP contribution >= 0.6 is 11.8 Å². The highest BCUT2D eigenvalue weighted by atomic mass is 32.2. The second-order valence-corrected chi connectivity index (χ2v) is 12.4. The van der Waals surface area contributed by atoms with Crippen molar-refractivity contribution >= 4 is 23.5 Å². The van der Waals surface area contributed by atoms with Crippen LogP contribution in [-0.2, 0) is 28.0 Å². The number of ketones is 1. The molecule has 0 aromatic heterocycles. The van der Waals surface area contributed by atoms with Crippen LogP contribution in [0.25, 0.3) is 0 Å². The molecule has 8 heteroatoms. The molecule has 5 aliphatic rings. The average molecular weight is 521 g/mol. The minimum Gasteiger partial charge on any atom is -0.504 e. The van der Waals surface area contributed by atoms with E-state index in [4.69, 9.17) is 4.74 Å². The number of carbonyl (C=O) groups is 2. The number of benzene rings is 2. The SMILES string of the molecule is CSc1ccc(CNC(=O)C2C[C@@]3(O)[C@H]4Cc5ccc(O)c6c5[C@@]3(CCN4CC3CC3)[C@@H](O6)C2=O)cc1. The molecule has 2 aliphatic heterocycles. The number of hydrogen-bond acceptors (Lipinski definition) is 7. The molecule has 3 aliphatic carbocycles. The van der Waals surface area contributed by atoms with Gasteiger partial charge in [0.1, 0.15) is 5.92 Å². The molecule has 37 heavy (non-hydrogen) atoms. The Morgan fingerprint density at radius 1 is 1.22 bits per heavy atom. The smallest absolute Gasteiger partial charge is 0.231 e. The van der Waals surface area contributed by atoms with Crippen molar-refractivity contribution in [3.8, 4) is 11.5 Å². The van der Waals surface area contributed by atoms with E-state index >= 15 is 0 Å². The lowest BCUT2D eigenvalue weighted by molar-refractivity contribution is -0.198. The van der Waals surface area contributed by atoms with Crippen LogP contribution in [0.4, 0.5) is 0 Å². The molecule has 2 bridgehead atoms. The molecular weight excluding hydrogens is 488 g/mol. The molecule has 7 rings (SSSR count). The fourth-order valence-corrected chi connectivity index (χ4v) is 7.99. The normalized spacial score (nSPS) is 33.6. The monoisotopic (exact) mass is 520 g/mol. The maximum atomic E-state index is 13.9. The van der Waals surface area contributed by atoms with Gasteiger partial charge in [-0.1, -0.05) is 18.2 Å². The average Bonchev–Trinajstić information content (AvgIpc) is 3.64. The number of hydrogen-bond donors (Lipinski definition) is 3. The Morgan fingerprint density at radius 2 is 2.00 bits per heavy atom. The second-order valence-electron chi connectivity index (χ2n) is 11.5. The quantitative estimate of drug-likeness (QED) is 0.398. The van der Waals surface area contributed by atoms with Crippen LogP contribution in [0.3, 0.4) is 0 Å². The van der Waals surface area contributed by atoms with Crippen LogP contribution in [0.2, 0.25) is 0 Å². The molecule has 194 valence electrons. The summed E-state index contributed by atoms with van der Waals surface area (Å²) >= 11 is 1.66. The molecule has 2 saturated carbocycles. The predicted octanol–water partition coefficient (Wildman–Crippen LogP) is 2.79. The number of amides is 1. The van der Waals surface area contributed by atoms with E-state index in [1.165, 1.54) is 12.8 Å². The van der Waals surface area contributed by atoms with Gasteiger partial charge in [0.05, 0.1) is 11.0 Å². The number of nitrogens with zero attached hydrogens (tertiary/aromatic N) is 1. The first kappa shape index (κ1) is 23.6. The molecule has 1 unspecified atom stereocenters. The third kappa shape index (κ3) is 3.28. The Hall–Kier alpha value is -2.55. The molecule has 1 saturated heterocycles. The van der Waals surface area contributed by atoms with Crippen LogP contribution in [0.5, 0.6) is 11.5 Å². The molecule has 1 spiro atoms. The van der Waals surface area contributed by atoms with Crippen LogP contribution < -0.4 is 10.1 Å². The summed E-state index contributed by atoms with van der Waals surface area (Å²) in [7, 11) is 0. The zero-order chi connectivity index (χ0) is 25.5. The summed E-state index contributed by atoms with van der Waals surface area (Å²) in [6.07, 6.45) is 4.74. The number of Topliss-reactive ketones (excluding diaryl/α,β-unsaturated/α-hetero) is 1. The highest BCUT2D eigenvalue weighted by Crippen LogP contribution is 2.65. The summed E-state index contributed by atoms with van der Waals surface area (Å²) in [5, 5.41) is 26.3. The summed E-state index contributed by atoms with van der Waals surface area (Å²) in [5.41, 5.74) is 0.556. The Kier molecular flexibility index (Phi) is 5.24. The van der Waals surface area contributed by atoms with Crippen molar-refractivity contribution in [3.05, 3.63) is 53.1 Å². The summed E-state index contributed by atoms with van der Waals surface area (Å²) in [5.74, 6) is -0.701. The lowest BCUT2D eigenvalue weighted by atomic mass is 9.47. The number of carbonyl (C=O) groups excluding carboxylic acids is 2. The Morgan fingerprint density at radius 3 is 2.73 bits per heavy atom. The third-order valence-corrected chi connectivity index (χ3v) is 10.3. The predicted molar refractivity (Wildman–Crippen MR) is 139 cm³/mol. The van der Waals surface area contributed by atoms with E-state index in [0.29, 0.717) is 31.1 Å². The topological polar surface area (TPSA) is 99.1 Å². The van der Waals surface area contributed by atoms with Gasteiger partial charge >= 0.3 is 0 Å². The van der Waals surface area contributed by atoms with Crippen molar-refractivity contribution in [2.45, 2.75) is 66.7 Å². The minimum absolute atomic E-state index is 0.00812. The van der Waals surface area contributed by atoms with E-state index in [1.54, 1.807) is 17.8 Å². The maximum Gasteiger partial charge on any atom is 0.231 e. The van der Waals surface area contributed by atoms with Crippen LogP contribution in [0.15, 0.2) is 41.3 Å². The van der Waals surface area contributed by atoms with E-state index in [-0.39, 0.29) is 29.9 Å². The van der Waals surface area contributed by atoms with Gasteiger partial charge in [-0.15, -0.1) is 11.8 Å². The lowest BCUT2D eigenvalue weighted by Gasteiger charge is -2.63. The molecular formula is C29H32N2O5S. The third-order valence-electron chi connectivity index (χ3n) is 9.57. The number of aromatic hydroxyl groups is 1. The highest BCUT2D eigenvalue weighted by molar-refractivity contribution is 7.98. The number of phenolic OH excluding ortho intramolecular Hbond substituents is 1. The van der Waals surface area contributed by atoms with Gasteiger partial charge in [-0.2, -0.15) is 0 Å². The summed E-state index contributed by atoms with van der Waals surface area (Å²) in [4.78, 5) is 30.9. The van der Waals surface area contributed by atoms with Gasteiger partial charge in [-0.3, -0.25) is 14.5 Å². The van der Waals surface area contributed by atoms with Crippen LogP contribution in [-0.4, -0.2) is 63.9 Å². The van der Waals surface area contributed by atoms with Gasteiger partial charge in [0.15, 0.2) is 23.4 Å². The van der Waals surface area contributed by atoms with E-state index in [0.717, 1.165) is 34.7 Å². The largest absolute Gasteiger partial charge is 0.504 e. The number of rotatable bonds is 6. The molecule has 5 atom stereocenters. The van der Waals surface area contributed by atoms with Crippen molar-refractivity contribution in [2.75, 3.05) is 19.3 Å². The van der Waals surface area contributed by atoms with Crippen molar-refractivity contribution < 1.29 is 24.5 Å². The van der Waals surface area contributed by atoms with E-state index in [9.17, 15) is 19.8 Å². The first-order chi connectivity index (χ1) is 17.9. The Bertz CT molecular complexity index is 1290. The zero-order valence-corrected chi connectivity index (χ0v) is 21.7. The van der Waals surface area contributed by atoms with E-state index < -0.39 is 23.0 Å². The van der Waals surface area contributed by atoms with Crippen molar-refractivity contribution in [1.29, 1.82) is 0 Å². The number of piperidine rings is 1. The summed E-state index contributed by atoms with van der Waals surface area (Å²) in [6, 6.07) is 11.3. The van der Waals surface area contributed by atoms with Gasteiger partial charge < -0.3 is 20.3 Å². The summed E-state index contributed by atoms with van der Waals surface area (Å²) < 4.78 is 6.22. The molecule has 1 amide bonds. The first-order valence-corrected chi connectivity index (χ1v) is 14.5. The molecule has 2 heterocycles. The summed E-state index contributed by atoms with van der Waals surface area (Å²) in [6.45, 7) is 2.02. The number of aliphatic hydroxyl groups is 1. The van der Waals surface area contributed by atoms with Gasteiger partial charge in [-0.05, 0) is 80.1 Å². The van der Waals surface area contributed by atoms with Crippen molar-refractivity contribution in [2.24, 2.45) is 11.8 Å². The van der Waals surface area contributed by atoms with Gasteiger partial charge in [-0.25, -0.2) is 0 Å². The number of nitrogens with one attached hydrogen (secondary N) is 1. The molecule has 0 radical (unpaired) electrons. The molecule has 2 aromatic rings. The second kappa shape index (κ2) is 8.22. The highest BCUT2D eigenvalue weighted by Gasteiger charge is 2.75. The number of likely N-dealkylation sites (tertiary alicyclic amines) is 1. The van der Waals surface area contributed by atoms with Gasteiger partial charge in [0.25, 0.3) is 0 Å². The number of ether oxygens (including phenoxy) is 1. The van der Waals surface area contributed by atoms with Crippen molar-refractivity contribution in [3.63, 3.8) is 0 Å². The fourth-order valence-electron chi connectivity index (χ4n) is 7.58. The molecule has 3 fully saturated rings. The lowest BCUT2D eigenvalue weighted by Crippen LogP contribution is -2.78. The minimum atomic E-state index is -1.30. The van der Waals surface area contributed by atoms with E-state index in [1.807, 2.05) is 36.6 Å². The first-order valence-electron chi connectivity index (χ1n) is 13.3. The number of thioether (sulfide) groups is 1. The number of phenols is 1. The Labute approximate surface area is 220 Å². The molecule has 2 aromatic carbocycles. The van der Waals surface area contributed by atoms with Crippen LogP contribution in [0.1, 0.15) is 42.4 Å². The fraction of sp³-hybridized carbons (Fsp3) is 0.517. The zero-order valence-electron chi connectivity index (χ0n) is 20.9. The van der Waals surface area contributed by atoms with E-state index in [2.05, 4.69) is 10.2 Å². The van der Waals surface area contributed by atoms with Crippen LogP contribution in [0, 0.1) is 11.8 Å². The molecule has 7 nitrogen and oxygen atoms in total. The standard InChI is InChI=1S/C29H32N2O5S/c1-37-19-7-4-16(5-8-19)14-30-27(34)20-13-29(35)22-12-18-6-9-21(32)25-23(18)28(29,26(36-25)24(20)33)10-11-31(22)15-17-2-3-17/h4-9,17,20,22,26,32,35H,2-3,10-15H2,1H3,(H,30,34)/t20?,22-,26+,28+,29-/m1/s1.